The van der Waals surface area contributed by atoms with E-state index in [2.05, 4.69) is 15.3 Å². The number of amides is 1. The van der Waals surface area contributed by atoms with Gasteiger partial charge in [-0.25, -0.2) is 9.78 Å². The molecular weight excluding hydrogens is 278 g/mol. The van der Waals surface area contributed by atoms with Crippen LogP contribution in [0.2, 0.25) is 0 Å². The second-order valence-corrected chi connectivity index (χ2v) is 4.70. The van der Waals surface area contributed by atoms with Gasteiger partial charge in [-0.3, -0.25) is 9.78 Å². The second kappa shape index (κ2) is 6.67. The first kappa shape index (κ1) is 14.0. The Labute approximate surface area is 119 Å². The summed E-state index contributed by atoms with van der Waals surface area (Å²) in [5.74, 6) is -1.21. The van der Waals surface area contributed by atoms with Crippen LogP contribution >= 0.6 is 11.8 Å². The van der Waals surface area contributed by atoms with Crippen molar-refractivity contribution in [1.82, 2.24) is 9.97 Å². The van der Waals surface area contributed by atoms with E-state index in [-0.39, 0.29) is 17.2 Å². The van der Waals surface area contributed by atoms with Crippen molar-refractivity contribution in [2.75, 3.05) is 11.1 Å². The Morgan fingerprint density at radius 2 is 1.95 bits per heavy atom. The van der Waals surface area contributed by atoms with Crippen LogP contribution in [0.1, 0.15) is 10.4 Å². The Morgan fingerprint density at radius 1 is 1.20 bits per heavy atom. The molecule has 7 heteroatoms. The molecule has 2 rings (SSSR count). The molecule has 0 aliphatic carbocycles. The van der Waals surface area contributed by atoms with Crippen LogP contribution in [0.25, 0.3) is 0 Å². The van der Waals surface area contributed by atoms with E-state index in [0.29, 0.717) is 10.7 Å². The summed E-state index contributed by atoms with van der Waals surface area (Å²) in [4.78, 5) is 30.6. The van der Waals surface area contributed by atoms with E-state index in [0.717, 1.165) is 11.8 Å². The Morgan fingerprint density at radius 3 is 2.65 bits per heavy atom. The Kier molecular flexibility index (Phi) is 4.67. The average molecular weight is 289 g/mol. The van der Waals surface area contributed by atoms with Crippen LogP contribution in [0.15, 0.2) is 47.9 Å². The fourth-order valence-corrected chi connectivity index (χ4v) is 2.22. The molecule has 0 radical (unpaired) electrons. The highest BCUT2D eigenvalue weighted by Crippen LogP contribution is 2.20. The maximum absolute atomic E-state index is 11.7. The van der Waals surface area contributed by atoms with Gasteiger partial charge >= 0.3 is 5.97 Å². The molecule has 2 aromatic heterocycles. The van der Waals surface area contributed by atoms with Gasteiger partial charge in [0.2, 0.25) is 5.91 Å². The van der Waals surface area contributed by atoms with Crippen molar-refractivity contribution in [2.24, 2.45) is 0 Å². The minimum Gasteiger partial charge on any atom is -0.478 e. The smallest absolute Gasteiger partial charge is 0.338 e. The fraction of sp³-hybridized carbons (Fsp3) is 0.0769. The number of aromatic carboxylic acids is 1. The second-order valence-electron chi connectivity index (χ2n) is 3.73. The third kappa shape index (κ3) is 3.79. The zero-order valence-electron chi connectivity index (χ0n) is 10.3. The number of aromatic nitrogens is 2. The number of nitrogens with zero attached hydrogens (tertiary/aromatic N) is 2. The molecular formula is C13H11N3O3S. The first-order chi connectivity index (χ1) is 9.66. The van der Waals surface area contributed by atoms with Crippen LogP contribution in [0.4, 0.5) is 5.69 Å². The molecule has 2 aromatic rings. The van der Waals surface area contributed by atoms with Crippen LogP contribution in [-0.4, -0.2) is 32.7 Å². The van der Waals surface area contributed by atoms with E-state index in [1.54, 1.807) is 30.6 Å². The topological polar surface area (TPSA) is 92.2 Å². The minimum atomic E-state index is -1.06. The number of thioether (sulfide) groups is 1. The first-order valence-corrected chi connectivity index (χ1v) is 6.66. The molecule has 6 nitrogen and oxygen atoms in total. The van der Waals surface area contributed by atoms with Crippen LogP contribution in [0, 0.1) is 0 Å². The van der Waals surface area contributed by atoms with Gasteiger partial charge in [0.25, 0.3) is 0 Å². The summed E-state index contributed by atoms with van der Waals surface area (Å²) < 4.78 is 0. The van der Waals surface area contributed by atoms with Gasteiger partial charge < -0.3 is 10.4 Å². The molecule has 0 saturated carbocycles. The van der Waals surface area contributed by atoms with E-state index < -0.39 is 5.97 Å². The van der Waals surface area contributed by atoms with E-state index in [1.807, 2.05) is 0 Å². The van der Waals surface area contributed by atoms with E-state index in [1.165, 1.54) is 12.3 Å². The number of hydrogen-bond donors (Lipinski definition) is 2. The molecule has 1 amide bonds. The van der Waals surface area contributed by atoms with E-state index in [4.69, 9.17) is 5.11 Å². The summed E-state index contributed by atoms with van der Waals surface area (Å²) in [6, 6.07) is 6.35. The zero-order chi connectivity index (χ0) is 14.4. The molecule has 2 heterocycles. The number of rotatable bonds is 5. The molecule has 0 aromatic carbocycles. The number of carbonyl (C=O) groups excluding carboxylic acids is 1. The Balaban J connectivity index is 1.96. The van der Waals surface area contributed by atoms with Crippen molar-refractivity contribution in [1.29, 1.82) is 0 Å². The largest absolute Gasteiger partial charge is 0.478 e. The number of carboxylic acid groups (broad SMARTS) is 1. The van der Waals surface area contributed by atoms with Crippen molar-refractivity contribution < 1.29 is 14.7 Å². The third-order valence-electron chi connectivity index (χ3n) is 2.31. The molecule has 102 valence electrons. The number of anilines is 1. The van der Waals surface area contributed by atoms with Crippen molar-refractivity contribution in [3.8, 4) is 0 Å². The number of carbonyl (C=O) groups is 2. The van der Waals surface area contributed by atoms with Crippen molar-refractivity contribution in [2.45, 2.75) is 5.03 Å². The van der Waals surface area contributed by atoms with Gasteiger partial charge in [-0.2, -0.15) is 0 Å². The molecule has 2 N–H and O–H groups in total. The Bertz CT molecular complexity index is 619. The molecule has 0 unspecified atom stereocenters. The number of nitrogens with one attached hydrogen (secondary N) is 1. The number of hydrogen-bond acceptors (Lipinski definition) is 5. The lowest BCUT2D eigenvalue weighted by atomic mass is 10.3. The van der Waals surface area contributed by atoms with Crippen LogP contribution in [0.3, 0.4) is 0 Å². The number of carboxylic acids is 1. The highest BCUT2D eigenvalue weighted by molar-refractivity contribution is 8.00. The monoisotopic (exact) mass is 289 g/mol. The lowest BCUT2D eigenvalue weighted by Crippen LogP contribution is -2.14. The fourth-order valence-electron chi connectivity index (χ4n) is 1.43. The summed E-state index contributed by atoms with van der Waals surface area (Å²) in [6.45, 7) is 0. The van der Waals surface area contributed by atoms with E-state index >= 15 is 0 Å². The van der Waals surface area contributed by atoms with Crippen molar-refractivity contribution in [3.05, 3.63) is 48.4 Å². The molecule has 0 aliphatic heterocycles. The third-order valence-corrected chi connectivity index (χ3v) is 3.31. The van der Waals surface area contributed by atoms with Gasteiger partial charge in [0.15, 0.2) is 0 Å². The molecule has 0 spiro atoms. The van der Waals surface area contributed by atoms with Gasteiger partial charge in [-0.1, -0.05) is 11.8 Å². The predicted octanol–water partition coefficient (Wildman–Crippen LogP) is 1.91. The van der Waals surface area contributed by atoms with Crippen molar-refractivity contribution >= 4 is 29.3 Å². The highest BCUT2D eigenvalue weighted by Gasteiger charge is 2.12. The molecule has 0 atom stereocenters. The summed E-state index contributed by atoms with van der Waals surface area (Å²) in [5, 5.41) is 12.0. The first-order valence-electron chi connectivity index (χ1n) is 5.68. The normalized spacial score (nSPS) is 10.0. The average Bonchev–Trinajstić information content (AvgIpc) is 2.46. The molecule has 0 saturated heterocycles. The van der Waals surface area contributed by atoms with Gasteiger partial charge in [0, 0.05) is 24.3 Å². The summed E-state index contributed by atoms with van der Waals surface area (Å²) in [5.41, 5.74) is 0.735. The molecule has 20 heavy (non-hydrogen) atoms. The van der Waals surface area contributed by atoms with E-state index in [9.17, 15) is 9.59 Å². The van der Waals surface area contributed by atoms with Crippen molar-refractivity contribution in [3.63, 3.8) is 0 Å². The lowest BCUT2D eigenvalue weighted by Gasteiger charge is -2.05. The van der Waals surface area contributed by atoms with Gasteiger partial charge in [-0.15, -0.1) is 0 Å². The highest BCUT2D eigenvalue weighted by atomic mass is 32.2. The standard InChI is InChI=1S/C13H11N3O3S/c17-11(16-9-3-6-14-7-4-9)8-20-12-10(13(18)19)2-1-5-15-12/h1-7H,8H2,(H,18,19)(H,14,16,17). The molecule has 0 bridgehead atoms. The molecule has 0 fully saturated rings. The van der Waals surface area contributed by atoms with Crippen LogP contribution < -0.4 is 5.32 Å². The Hall–Kier alpha value is -2.41. The van der Waals surface area contributed by atoms with Crippen LogP contribution in [0.5, 0.6) is 0 Å². The van der Waals surface area contributed by atoms with Gasteiger partial charge in [0.1, 0.15) is 5.03 Å². The van der Waals surface area contributed by atoms with Gasteiger partial charge in [-0.05, 0) is 24.3 Å². The minimum absolute atomic E-state index is 0.0830. The molecule has 0 aliphatic rings. The quantitative estimate of drug-likeness (QED) is 0.817. The summed E-state index contributed by atoms with van der Waals surface area (Å²) >= 11 is 1.08. The number of pyridine rings is 2. The van der Waals surface area contributed by atoms with Gasteiger partial charge in [0.05, 0.1) is 11.3 Å². The maximum Gasteiger partial charge on any atom is 0.338 e. The zero-order valence-corrected chi connectivity index (χ0v) is 11.1. The lowest BCUT2D eigenvalue weighted by molar-refractivity contribution is -0.113. The van der Waals surface area contributed by atoms with Crippen LogP contribution in [-0.2, 0) is 4.79 Å². The predicted molar refractivity (Wildman–Crippen MR) is 74.8 cm³/mol. The maximum atomic E-state index is 11.7. The summed E-state index contributed by atoms with van der Waals surface area (Å²) in [6.07, 6.45) is 4.64. The summed E-state index contributed by atoms with van der Waals surface area (Å²) in [7, 11) is 0. The SMILES string of the molecule is O=C(CSc1ncccc1C(=O)O)Nc1ccncc1.